The minimum absolute atomic E-state index is 0.0126. The van der Waals surface area contributed by atoms with E-state index in [0.717, 1.165) is 16.5 Å². The number of morpholine rings is 1. The Morgan fingerprint density at radius 3 is 2.18 bits per heavy atom. The first-order valence-corrected chi connectivity index (χ1v) is 13.5. The van der Waals surface area contributed by atoms with Crippen LogP contribution in [0.25, 0.3) is 16.6 Å². The maximum absolute atomic E-state index is 13.7. The van der Waals surface area contributed by atoms with E-state index in [9.17, 15) is 26.3 Å². The number of anilines is 2. The molecule has 2 aliphatic rings. The molecule has 4 aromatic heterocycles. The fourth-order valence-electron chi connectivity index (χ4n) is 5.60. The number of hydrogen-bond acceptors (Lipinski definition) is 9. The van der Waals surface area contributed by atoms with Crippen molar-refractivity contribution in [1.82, 2.24) is 39.9 Å². The Morgan fingerprint density at radius 1 is 0.841 bits per heavy atom. The van der Waals surface area contributed by atoms with Crippen molar-refractivity contribution < 1.29 is 31.1 Å². The topological polar surface area (TPSA) is 114 Å². The Labute approximate surface area is 244 Å². The van der Waals surface area contributed by atoms with E-state index >= 15 is 0 Å². The molecule has 0 aliphatic carbocycles. The summed E-state index contributed by atoms with van der Waals surface area (Å²) >= 11 is 0. The third kappa shape index (κ3) is 5.06. The SMILES string of the molecule is FC(F)(F)c1nc(N2CCc3c([nH]c4ccc(-n5nccn5)cc34)[C@@H]2c2ccc(N3CCOCC3)nc2)nc(C(F)(F)F)n1. The second-order valence-corrected chi connectivity index (χ2v) is 10.2. The molecule has 1 atom stereocenters. The van der Waals surface area contributed by atoms with Crippen LogP contribution in [0.15, 0.2) is 48.9 Å². The molecule has 6 heterocycles. The molecule has 0 unspecified atom stereocenters. The van der Waals surface area contributed by atoms with Gasteiger partial charge in [0, 0.05) is 42.4 Å². The van der Waals surface area contributed by atoms with Crippen LogP contribution in [0.4, 0.5) is 38.1 Å². The third-order valence-corrected chi connectivity index (χ3v) is 7.57. The van der Waals surface area contributed by atoms with Gasteiger partial charge in [-0.25, -0.2) is 9.97 Å². The first-order valence-electron chi connectivity index (χ1n) is 13.5. The average molecular weight is 617 g/mol. The third-order valence-electron chi connectivity index (χ3n) is 7.57. The lowest BCUT2D eigenvalue weighted by Gasteiger charge is -2.36. The molecule has 1 saturated heterocycles. The molecular weight excluding hydrogens is 594 g/mol. The highest BCUT2D eigenvalue weighted by Gasteiger charge is 2.43. The highest BCUT2D eigenvalue weighted by Crippen LogP contribution is 2.42. The van der Waals surface area contributed by atoms with Crippen LogP contribution in [0.5, 0.6) is 0 Å². The van der Waals surface area contributed by atoms with Gasteiger partial charge in [0.1, 0.15) is 5.82 Å². The summed E-state index contributed by atoms with van der Waals surface area (Å²) < 4.78 is 87.6. The van der Waals surface area contributed by atoms with Crippen molar-refractivity contribution in [3.05, 3.63) is 77.4 Å². The number of hydrogen-bond donors (Lipinski definition) is 1. The summed E-state index contributed by atoms with van der Waals surface area (Å²) in [5.41, 5.74) is 3.33. The van der Waals surface area contributed by atoms with Gasteiger partial charge in [0.2, 0.25) is 17.6 Å². The molecule has 44 heavy (non-hydrogen) atoms. The average Bonchev–Trinajstić information content (AvgIpc) is 3.68. The van der Waals surface area contributed by atoms with Crippen molar-refractivity contribution in [3.8, 4) is 5.69 Å². The molecule has 7 rings (SSSR count). The number of benzene rings is 1. The second-order valence-electron chi connectivity index (χ2n) is 10.2. The van der Waals surface area contributed by atoms with E-state index in [0.29, 0.717) is 49.1 Å². The lowest BCUT2D eigenvalue weighted by molar-refractivity contribution is -0.155. The zero-order chi connectivity index (χ0) is 30.6. The summed E-state index contributed by atoms with van der Waals surface area (Å²) in [5, 5.41) is 9.15. The van der Waals surface area contributed by atoms with Crippen LogP contribution in [0.2, 0.25) is 0 Å². The Morgan fingerprint density at radius 2 is 1.55 bits per heavy atom. The monoisotopic (exact) mass is 616 g/mol. The predicted octanol–water partition coefficient (Wildman–Crippen LogP) is 4.35. The van der Waals surface area contributed by atoms with Crippen LogP contribution in [0, 0.1) is 0 Å². The maximum Gasteiger partial charge on any atom is 0.451 e. The Bertz CT molecular complexity index is 1760. The number of nitrogens with zero attached hydrogens (tertiary/aromatic N) is 9. The van der Waals surface area contributed by atoms with E-state index in [1.807, 2.05) is 17.0 Å². The summed E-state index contributed by atoms with van der Waals surface area (Å²) in [4.78, 5) is 22.4. The number of aromatic amines is 1. The minimum atomic E-state index is -5.23. The molecule has 228 valence electrons. The molecule has 0 spiro atoms. The lowest BCUT2D eigenvalue weighted by atomic mass is 9.93. The van der Waals surface area contributed by atoms with Gasteiger partial charge in [-0.1, -0.05) is 6.07 Å². The fraction of sp³-hybridized carbons (Fsp3) is 0.333. The van der Waals surface area contributed by atoms with Crippen LogP contribution in [-0.2, 0) is 23.5 Å². The lowest BCUT2D eigenvalue weighted by Crippen LogP contribution is -2.39. The second kappa shape index (κ2) is 10.4. The Balaban J connectivity index is 1.37. The zero-order valence-electron chi connectivity index (χ0n) is 22.6. The van der Waals surface area contributed by atoms with Gasteiger partial charge in [0.05, 0.1) is 37.3 Å². The van der Waals surface area contributed by atoms with Gasteiger partial charge < -0.3 is 19.5 Å². The van der Waals surface area contributed by atoms with Crippen LogP contribution >= 0.6 is 0 Å². The van der Waals surface area contributed by atoms with Crippen molar-refractivity contribution in [2.24, 2.45) is 0 Å². The van der Waals surface area contributed by atoms with Crippen molar-refractivity contribution in [1.29, 1.82) is 0 Å². The number of H-pyrrole nitrogens is 1. The standard InChI is InChI=1S/C27H22F6N10O/c28-26(29,30)23-38-24(27(31,32)33)40-25(39-23)42-8-5-17-18-13-16(43-35-6-7-36-43)2-3-19(18)37-21(17)22(42)15-1-4-20(34-14-15)41-9-11-44-12-10-41/h1-4,6-7,13-14,22,37H,5,8-12H2/t22-/m0/s1. The summed E-state index contributed by atoms with van der Waals surface area (Å²) in [6.45, 7) is 2.35. The van der Waals surface area contributed by atoms with E-state index in [4.69, 9.17) is 4.74 Å². The summed E-state index contributed by atoms with van der Waals surface area (Å²) in [5.74, 6) is -3.92. The quantitative estimate of drug-likeness (QED) is 0.295. The number of ether oxygens (including phenoxy) is 1. The highest BCUT2D eigenvalue weighted by molar-refractivity contribution is 5.87. The largest absolute Gasteiger partial charge is 0.451 e. The predicted molar refractivity (Wildman–Crippen MR) is 143 cm³/mol. The smallest absolute Gasteiger partial charge is 0.378 e. The van der Waals surface area contributed by atoms with Gasteiger partial charge in [0.15, 0.2) is 0 Å². The van der Waals surface area contributed by atoms with Gasteiger partial charge in [-0.2, -0.15) is 51.3 Å². The molecule has 2 aliphatic heterocycles. The minimum Gasteiger partial charge on any atom is -0.378 e. The number of fused-ring (bicyclic) bond motifs is 3. The molecule has 17 heteroatoms. The van der Waals surface area contributed by atoms with Gasteiger partial charge in [-0.05, 0) is 41.8 Å². The van der Waals surface area contributed by atoms with E-state index in [1.165, 1.54) is 22.1 Å². The van der Waals surface area contributed by atoms with Crippen molar-refractivity contribution >= 4 is 22.7 Å². The molecule has 1 N–H and O–H groups in total. The maximum atomic E-state index is 13.7. The molecule has 0 bridgehead atoms. The Hall–Kier alpha value is -4.80. The van der Waals surface area contributed by atoms with Crippen molar-refractivity contribution in [2.45, 2.75) is 24.8 Å². The van der Waals surface area contributed by atoms with Crippen LogP contribution in [-0.4, -0.2) is 72.8 Å². The molecule has 1 fully saturated rings. The summed E-state index contributed by atoms with van der Waals surface area (Å²) in [6, 6.07) is 8.13. The molecule has 0 radical (unpaired) electrons. The molecule has 0 saturated carbocycles. The fourth-order valence-corrected chi connectivity index (χ4v) is 5.60. The number of alkyl halides is 6. The zero-order valence-corrected chi connectivity index (χ0v) is 22.6. The number of aromatic nitrogens is 8. The number of pyridine rings is 1. The number of nitrogens with one attached hydrogen (secondary N) is 1. The van der Waals surface area contributed by atoms with Gasteiger partial charge in [-0.15, -0.1) is 0 Å². The van der Waals surface area contributed by atoms with E-state index in [2.05, 4.69) is 35.1 Å². The van der Waals surface area contributed by atoms with E-state index < -0.39 is 36.0 Å². The molecule has 1 aromatic carbocycles. The Kier molecular flexibility index (Phi) is 6.64. The summed E-state index contributed by atoms with van der Waals surface area (Å²) in [6.07, 6.45) is -5.54. The van der Waals surface area contributed by atoms with Crippen LogP contribution in [0.3, 0.4) is 0 Å². The highest BCUT2D eigenvalue weighted by atomic mass is 19.4. The normalized spacial score (nSPS) is 17.7. The van der Waals surface area contributed by atoms with Gasteiger partial charge in [-0.3, -0.25) is 0 Å². The molecule has 5 aromatic rings. The number of halogens is 6. The molecule has 0 amide bonds. The first-order chi connectivity index (χ1) is 21.1. The first kappa shape index (κ1) is 28.0. The van der Waals surface area contributed by atoms with Crippen molar-refractivity contribution in [2.75, 3.05) is 42.6 Å². The number of rotatable bonds is 4. The van der Waals surface area contributed by atoms with E-state index in [1.54, 1.807) is 24.4 Å². The van der Waals surface area contributed by atoms with Gasteiger partial charge in [0.25, 0.3) is 0 Å². The molecular formula is C27H22F6N10O. The van der Waals surface area contributed by atoms with E-state index in [-0.39, 0.29) is 13.0 Å². The van der Waals surface area contributed by atoms with Crippen LogP contribution in [0.1, 0.15) is 34.5 Å². The van der Waals surface area contributed by atoms with Crippen molar-refractivity contribution in [3.63, 3.8) is 0 Å². The van der Waals surface area contributed by atoms with Crippen LogP contribution < -0.4 is 9.80 Å². The summed E-state index contributed by atoms with van der Waals surface area (Å²) in [7, 11) is 0. The molecule has 11 nitrogen and oxygen atoms in total. The van der Waals surface area contributed by atoms with Gasteiger partial charge >= 0.3 is 12.4 Å².